The summed E-state index contributed by atoms with van der Waals surface area (Å²) in [5.74, 6) is 0.780. The first-order chi connectivity index (χ1) is 16.0. The molecule has 0 unspecified atom stereocenters. The van der Waals surface area contributed by atoms with Crippen LogP contribution in [0, 0.1) is 0 Å². The summed E-state index contributed by atoms with van der Waals surface area (Å²) >= 11 is 2.90. The number of carbonyl (C=O) groups is 3. The molecule has 1 fully saturated rings. The predicted molar refractivity (Wildman–Crippen MR) is 129 cm³/mol. The topological polar surface area (TPSA) is 100 Å². The number of likely N-dealkylation sites (N-methyl/N-ethyl adjacent to an activating group) is 1. The largest absolute Gasteiger partial charge is 0.350 e. The summed E-state index contributed by atoms with van der Waals surface area (Å²) in [5, 5.41) is 14.0. The van der Waals surface area contributed by atoms with E-state index in [9.17, 15) is 14.4 Å². The Labute approximate surface area is 202 Å². The van der Waals surface area contributed by atoms with E-state index in [0.29, 0.717) is 37.8 Å². The first kappa shape index (κ1) is 25.2. The van der Waals surface area contributed by atoms with Crippen molar-refractivity contribution in [3.63, 3.8) is 0 Å². The van der Waals surface area contributed by atoms with Gasteiger partial charge in [-0.25, -0.2) is 0 Å². The maximum Gasteiger partial charge on any atom is 0.239 e. The minimum atomic E-state index is -0.176. The summed E-state index contributed by atoms with van der Waals surface area (Å²) in [6, 6.07) is 3.91. The number of rotatable bonds is 11. The second-order valence-electron chi connectivity index (χ2n) is 7.82. The molecule has 33 heavy (non-hydrogen) atoms. The average molecular weight is 493 g/mol. The van der Waals surface area contributed by atoms with Crippen molar-refractivity contribution >= 4 is 40.8 Å². The molecule has 180 valence electrons. The lowest BCUT2D eigenvalue weighted by Gasteiger charge is -2.21. The zero-order valence-electron chi connectivity index (χ0n) is 19.3. The van der Waals surface area contributed by atoms with Gasteiger partial charge in [0.1, 0.15) is 0 Å². The van der Waals surface area contributed by atoms with E-state index in [1.165, 1.54) is 11.8 Å². The van der Waals surface area contributed by atoms with E-state index in [2.05, 4.69) is 15.5 Å². The van der Waals surface area contributed by atoms with Gasteiger partial charge in [0.05, 0.1) is 25.4 Å². The van der Waals surface area contributed by atoms with Crippen LogP contribution < -0.4 is 5.32 Å². The molecule has 1 N–H and O–H groups in total. The summed E-state index contributed by atoms with van der Waals surface area (Å²) in [6.07, 6.45) is 3.62. The van der Waals surface area contributed by atoms with Gasteiger partial charge in [0.2, 0.25) is 17.7 Å². The van der Waals surface area contributed by atoms with Crippen molar-refractivity contribution in [2.45, 2.75) is 64.3 Å². The first-order valence-electron chi connectivity index (χ1n) is 11.4. The van der Waals surface area contributed by atoms with Crippen LogP contribution in [0.1, 0.15) is 50.2 Å². The van der Waals surface area contributed by atoms with Crippen LogP contribution in [0.5, 0.6) is 0 Å². The normalized spacial score (nSPS) is 14.2. The van der Waals surface area contributed by atoms with E-state index in [4.69, 9.17) is 0 Å². The molecule has 9 nitrogen and oxygen atoms in total. The van der Waals surface area contributed by atoms with E-state index in [1.807, 2.05) is 40.8 Å². The van der Waals surface area contributed by atoms with Gasteiger partial charge in [-0.05, 0) is 38.1 Å². The average Bonchev–Trinajstić information content (AvgIpc) is 3.43. The molecule has 0 aromatic carbocycles. The van der Waals surface area contributed by atoms with Crippen molar-refractivity contribution < 1.29 is 14.4 Å². The molecular formula is C22H32N6O3S2. The van der Waals surface area contributed by atoms with Gasteiger partial charge in [0.15, 0.2) is 11.0 Å². The molecule has 0 radical (unpaired) electrons. The van der Waals surface area contributed by atoms with Crippen LogP contribution in [0.3, 0.4) is 0 Å². The fourth-order valence-corrected chi connectivity index (χ4v) is 5.23. The smallest absolute Gasteiger partial charge is 0.239 e. The maximum absolute atomic E-state index is 12.7. The predicted octanol–water partition coefficient (Wildman–Crippen LogP) is 2.52. The van der Waals surface area contributed by atoms with Gasteiger partial charge in [-0.1, -0.05) is 24.2 Å². The lowest BCUT2D eigenvalue weighted by Crippen LogP contribution is -2.41. The molecule has 0 aliphatic carbocycles. The molecule has 0 bridgehead atoms. The molecule has 0 atom stereocenters. The van der Waals surface area contributed by atoms with Gasteiger partial charge in [-0.2, -0.15) is 0 Å². The number of aromatic nitrogens is 3. The minimum absolute atomic E-state index is 0.0318. The molecule has 1 aliphatic heterocycles. The Morgan fingerprint density at radius 1 is 1.24 bits per heavy atom. The number of hydrogen-bond donors (Lipinski definition) is 1. The molecule has 0 saturated carbocycles. The van der Waals surface area contributed by atoms with Crippen molar-refractivity contribution in [2.75, 3.05) is 25.4 Å². The lowest BCUT2D eigenvalue weighted by molar-refractivity contribution is -0.133. The second kappa shape index (κ2) is 12.7. The monoisotopic (exact) mass is 492 g/mol. The summed E-state index contributed by atoms with van der Waals surface area (Å²) in [4.78, 5) is 41.8. The second-order valence-corrected chi connectivity index (χ2v) is 9.80. The Balaban J connectivity index is 1.52. The highest BCUT2D eigenvalue weighted by Gasteiger charge is 2.22. The number of nitrogens with one attached hydrogen (secondary N) is 1. The minimum Gasteiger partial charge on any atom is -0.350 e. The molecule has 2 aromatic rings. The molecule has 3 rings (SSSR count). The fourth-order valence-electron chi connectivity index (χ4n) is 3.66. The van der Waals surface area contributed by atoms with Crippen LogP contribution >= 0.6 is 23.1 Å². The van der Waals surface area contributed by atoms with Crippen LogP contribution in [-0.4, -0.2) is 67.7 Å². The number of likely N-dealkylation sites (tertiary alicyclic amines) is 1. The zero-order chi connectivity index (χ0) is 23.6. The Kier molecular flexibility index (Phi) is 9.74. The Morgan fingerprint density at radius 3 is 2.82 bits per heavy atom. The van der Waals surface area contributed by atoms with E-state index in [1.54, 1.807) is 16.2 Å². The highest BCUT2D eigenvalue weighted by Crippen LogP contribution is 2.20. The summed E-state index contributed by atoms with van der Waals surface area (Å²) in [6.45, 7) is 6.66. The van der Waals surface area contributed by atoms with Crippen LogP contribution in [0.2, 0.25) is 0 Å². The lowest BCUT2D eigenvalue weighted by atomic mass is 10.2. The molecule has 3 amide bonds. The third-order valence-electron chi connectivity index (χ3n) is 5.55. The molecule has 1 aliphatic rings. The van der Waals surface area contributed by atoms with Crippen molar-refractivity contribution in [2.24, 2.45) is 0 Å². The standard InChI is InChI=1S/C22H32N6O3S2/c1-3-26(15-19(29)23-13-17-9-8-12-32-17)21(31)16-33-22-25-24-18(28(22)4-2)14-27-11-7-5-6-10-20(27)30/h8-9,12H,3-7,10-11,13-16H2,1-2H3,(H,23,29). The number of nitrogens with zero attached hydrogens (tertiary/aromatic N) is 5. The van der Waals surface area contributed by atoms with Crippen molar-refractivity contribution in [3.8, 4) is 0 Å². The Hall–Kier alpha value is -2.40. The van der Waals surface area contributed by atoms with Gasteiger partial charge in [-0.3, -0.25) is 14.4 Å². The van der Waals surface area contributed by atoms with Crippen molar-refractivity contribution in [1.29, 1.82) is 0 Å². The van der Waals surface area contributed by atoms with Gasteiger partial charge in [-0.15, -0.1) is 21.5 Å². The highest BCUT2D eigenvalue weighted by atomic mass is 32.2. The van der Waals surface area contributed by atoms with E-state index in [0.717, 1.165) is 36.5 Å². The van der Waals surface area contributed by atoms with Crippen molar-refractivity contribution in [1.82, 2.24) is 29.9 Å². The molecule has 0 spiro atoms. The quantitative estimate of drug-likeness (QED) is 0.484. The van der Waals surface area contributed by atoms with Gasteiger partial charge in [0.25, 0.3) is 0 Å². The number of thioether (sulfide) groups is 1. The number of amides is 3. The van der Waals surface area contributed by atoms with Gasteiger partial charge < -0.3 is 19.7 Å². The summed E-state index contributed by atoms with van der Waals surface area (Å²) in [5.41, 5.74) is 0. The molecule has 3 heterocycles. The first-order valence-corrected chi connectivity index (χ1v) is 13.3. The van der Waals surface area contributed by atoms with Crippen molar-refractivity contribution in [3.05, 3.63) is 28.2 Å². The Morgan fingerprint density at radius 2 is 2.09 bits per heavy atom. The zero-order valence-corrected chi connectivity index (χ0v) is 20.9. The summed E-state index contributed by atoms with van der Waals surface area (Å²) < 4.78 is 1.96. The van der Waals surface area contributed by atoms with Crippen LogP contribution in [0.15, 0.2) is 22.7 Å². The molecular weight excluding hydrogens is 460 g/mol. The number of thiophene rings is 1. The fraction of sp³-hybridized carbons (Fsp3) is 0.591. The third-order valence-corrected chi connectivity index (χ3v) is 7.37. The van der Waals surface area contributed by atoms with Gasteiger partial charge in [0, 0.05) is 30.9 Å². The number of carbonyl (C=O) groups excluding carboxylic acids is 3. The number of hydrogen-bond acceptors (Lipinski definition) is 7. The Bertz CT molecular complexity index is 931. The van der Waals surface area contributed by atoms with Gasteiger partial charge >= 0.3 is 0 Å². The van der Waals surface area contributed by atoms with E-state index >= 15 is 0 Å². The SMILES string of the molecule is CCN(CC(=O)NCc1cccs1)C(=O)CSc1nnc(CN2CCCCCC2=O)n1CC. The third kappa shape index (κ3) is 7.29. The highest BCUT2D eigenvalue weighted by molar-refractivity contribution is 7.99. The van der Waals surface area contributed by atoms with Crippen LogP contribution in [0.25, 0.3) is 0 Å². The molecule has 1 saturated heterocycles. The summed E-state index contributed by atoms with van der Waals surface area (Å²) in [7, 11) is 0. The van der Waals surface area contributed by atoms with E-state index < -0.39 is 0 Å². The molecule has 2 aromatic heterocycles. The molecule has 11 heteroatoms. The van der Waals surface area contributed by atoms with Crippen LogP contribution in [0.4, 0.5) is 0 Å². The maximum atomic E-state index is 12.7. The van der Waals surface area contributed by atoms with Crippen LogP contribution in [-0.2, 0) is 34.0 Å². The van der Waals surface area contributed by atoms with E-state index in [-0.39, 0.29) is 30.0 Å².